The van der Waals surface area contributed by atoms with Gasteiger partial charge in [0, 0.05) is 23.4 Å². The first-order chi connectivity index (χ1) is 12.5. The van der Waals surface area contributed by atoms with E-state index in [0.717, 1.165) is 22.6 Å². The Kier molecular flexibility index (Phi) is 5.77. The lowest BCUT2D eigenvalue weighted by Gasteiger charge is -2.18. The average Bonchev–Trinajstić information content (AvgIpc) is 2.65. The maximum Gasteiger partial charge on any atom is 0.147 e. The number of hydrogen-bond acceptors (Lipinski definition) is 4. The summed E-state index contributed by atoms with van der Waals surface area (Å²) in [4.78, 5) is 8.65. The van der Waals surface area contributed by atoms with E-state index in [0.29, 0.717) is 21.5 Å². The van der Waals surface area contributed by atoms with E-state index >= 15 is 0 Å². The van der Waals surface area contributed by atoms with Crippen LogP contribution in [0.4, 0.5) is 0 Å². The van der Waals surface area contributed by atoms with Crippen molar-refractivity contribution in [2.75, 3.05) is 7.05 Å². The van der Waals surface area contributed by atoms with Crippen molar-refractivity contribution >= 4 is 23.2 Å². The smallest absolute Gasteiger partial charge is 0.147 e. The van der Waals surface area contributed by atoms with Crippen LogP contribution in [0.1, 0.15) is 24.4 Å². The van der Waals surface area contributed by atoms with Gasteiger partial charge in [-0.15, -0.1) is 0 Å². The predicted molar refractivity (Wildman–Crippen MR) is 106 cm³/mol. The van der Waals surface area contributed by atoms with E-state index in [2.05, 4.69) is 28.3 Å². The second-order valence-electron chi connectivity index (χ2n) is 5.91. The fourth-order valence-corrected chi connectivity index (χ4v) is 2.92. The van der Waals surface area contributed by atoms with Gasteiger partial charge in [0.15, 0.2) is 0 Å². The zero-order valence-corrected chi connectivity index (χ0v) is 16.3. The highest BCUT2D eigenvalue weighted by Gasteiger charge is 2.15. The zero-order chi connectivity index (χ0) is 18.7. The molecule has 0 aliphatic heterocycles. The lowest BCUT2D eigenvalue weighted by Crippen LogP contribution is -2.13. The molecule has 0 aliphatic carbocycles. The Balaban J connectivity index is 2.04. The number of aryl methyl sites for hydroxylation is 1. The molecule has 1 N–H and O–H groups in total. The molecule has 0 spiro atoms. The Morgan fingerprint density at radius 1 is 1.08 bits per heavy atom. The number of hydrogen-bond donors (Lipinski definition) is 1. The molecule has 1 heterocycles. The van der Waals surface area contributed by atoms with E-state index in [1.165, 1.54) is 0 Å². The first-order valence-electron chi connectivity index (χ1n) is 8.22. The molecule has 0 saturated heterocycles. The van der Waals surface area contributed by atoms with E-state index in [1.807, 2.05) is 38.2 Å². The van der Waals surface area contributed by atoms with Gasteiger partial charge in [-0.05, 0) is 57.3 Å². The first-order valence-corrected chi connectivity index (χ1v) is 8.98. The molecular weight excluding hydrogens is 369 g/mol. The Morgan fingerprint density at radius 2 is 1.88 bits per heavy atom. The summed E-state index contributed by atoms with van der Waals surface area (Å²) in [5, 5.41) is 4.11. The Hall–Kier alpha value is -2.14. The van der Waals surface area contributed by atoms with Crippen molar-refractivity contribution in [1.29, 1.82) is 0 Å². The molecule has 2 aromatic carbocycles. The first kappa shape index (κ1) is 18.6. The van der Waals surface area contributed by atoms with Gasteiger partial charge < -0.3 is 10.1 Å². The lowest BCUT2D eigenvalue weighted by atomic mass is 10.0. The van der Waals surface area contributed by atoms with Crippen LogP contribution in [0.5, 0.6) is 11.5 Å². The van der Waals surface area contributed by atoms with Crippen LogP contribution in [0, 0.1) is 6.92 Å². The van der Waals surface area contributed by atoms with Crippen molar-refractivity contribution in [1.82, 2.24) is 15.3 Å². The third kappa shape index (κ3) is 3.98. The summed E-state index contributed by atoms with van der Waals surface area (Å²) in [6.07, 6.45) is 1.76. The number of nitrogens with one attached hydrogen (secondary N) is 1. The van der Waals surface area contributed by atoms with Crippen LogP contribution in [-0.4, -0.2) is 17.0 Å². The summed E-state index contributed by atoms with van der Waals surface area (Å²) < 4.78 is 6.07. The number of aromatic nitrogens is 2. The van der Waals surface area contributed by atoms with Crippen molar-refractivity contribution < 1.29 is 4.74 Å². The van der Waals surface area contributed by atoms with Crippen molar-refractivity contribution in [2.45, 2.75) is 19.9 Å². The fourth-order valence-electron chi connectivity index (χ4n) is 2.59. The monoisotopic (exact) mass is 387 g/mol. The minimum absolute atomic E-state index is 0.0749. The number of benzene rings is 2. The van der Waals surface area contributed by atoms with Crippen LogP contribution in [-0.2, 0) is 0 Å². The molecule has 0 bridgehead atoms. The highest BCUT2D eigenvalue weighted by Crippen LogP contribution is 2.38. The Bertz CT molecular complexity index is 931. The summed E-state index contributed by atoms with van der Waals surface area (Å²) in [7, 11) is 1.91. The minimum atomic E-state index is 0.0749. The largest absolute Gasteiger partial charge is 0.455 e. The predicted octanol–water partition coefficient (Wildman–Crippen LogP) is 5.83. The van der Waals surface area contributed by atoms with Crippen LogP contribution < -0.4 is 10.1 Å². The second-order valence-corrected chi connectivity index (χ2v) is 6.69. The van der Waals surface area contributed by atoms with Gasteiger partial charge in [0.1, 0.15) is 22.3 Å². The minimum Gasteiger partial charge on any atom is -0.455 e. The van der Waals surface area contributed by atoms with Gasteiger partial charge in [-0.1, -0.05) is 29.3 Å². The van der Waals surface area contributed by atoms with Crippen LogP contribution in [0.25, 0.3) is 11.3 Å². The summed E-state index contributed by atoms with van der Waals surface area (Å²) >= 11 is 12.4. The molecule has 1 aromatic heterocycles. The molecule has 1 atom stereocenters. The molecule has 0 aliphatic rings. The number of ether oxygens (including phenoxy) is 1. The maximum absolute atomic E-state index is 6.26. The van der Waals surface area contributed by atoms with Crippen molar-refractivity contribution in [3.05, 3.63) is 70.1 Å². The highest BCUT2D eigenvalue weighted by atomic mass is 35.5. The van der Waals surface area contributed by atoms with E-state index < -0.39 is 0 Å². The van der Waals surface area contributed by atoms with Crippen molar-refractivity contribution in [3.63, 3.8) is 0 Å². The summed E-state index contributed by atoms with van der Waals surface area (Å²) in [5.41, 5.74) is 2.86. The van der Waals surface area contributed by atoms with Crippen LogP contribution in [0.3, 0.4) is 0 Å². The quantitative estimate of drug-likeness (QED) is 0.597. The second kappa shape index (κ2) is 8.04. The lowest BCUT2D eigenvalue weighted by molar-refractivity contribution is 0.466. The Morgan fingerprint density at radius 3 is 2.62 bits per heavy atom. The fraction of sp³-hybridized carbons (Fsp3) is 0.200. The highest BCUT2D eigenvalue weighted by molar-refractivity contribution is 6.42. The van der Waals surface area contributed by atoms with Gasteiger partial charge in [-0.3, -0.25) is 0 Å². The molecule has 3 rings (SSSR count). The van der Waals surface area contributed by atoms with E-state index in [9.17, 15) is 0 Å². The standard InChI is InChI=1S/C20H19Cl2N3O/c1-12(23-3)15-11-14(17-9-10-24-13(2)25-17)7-8-18(15)26-19-6-4-5-16(21)20(19)22/h4-12,23H,1-3H3. The van der Waals surface area contributed by atoms with Gasteiger partial charge in [-0.2, -0.15) is 0 Å². The molecule has 1 unspecified atom stereocenters. The van der Waals surface area contributed by atoms with Crippen molar-refractivity contribution in [2.24, 2.45) is 0 Å². The van der Waals surface area contributed by atoms with Gasteiger partial charge in [0.05, 0.1) is 10.7 Å². The SMILES string of the molecule is CNC(C)c1cc(-c2ccnc(C)n2)ccc1Oc1cccc(Cl)c1Cl. The molecule has 6 heteroatoms. The van der Waals surface area contributed by atoms with Crippen LogP contribution >= 0.6 is 23.2 Å². The van der Waals surface area contributed by atoms with Gasteiger partial charge in [0.25, 0.3) is 0 Å². The zero-order valence-electron chi connectivity index (χ0n) is 14.8. The Labute approximate surface area is 163 Å². The van der Waals surface area contributed by atoms with Gasteiger partial charge >= 0.3 is 0 Å². The van der Waals surface area contributed by atoms with Gasteiger partial charge in [-0.25, -0.2) is 9.97 Å². The van der Waals surface area contributed by atoms with Crippen LogP contribution in [0.15, 0.2) is 48.7 Å². The summed E-state index contributed by atoms with van der Waals surface area (Å²) in [6.45, 7) is 3.94. The molecule has 4 nitrogen and oxygen atoms in total. The van der Waals surface area contributed by atoms with Crippen LogP contribution in [0.2, 0.25) is 10.0 Å². The molecule has 0 amide bonds. The molecule has 0 fully saturated rings. The molecule has 26 heavy (non-hydrogen) atoms. The maximum atomic E-state index is 6.26. The molecular formula is C20H19Cl2N3O. The number of halogens is 2. The van der Waals surface area contributed by atoms with E-state index in [-0.39, 0.29) is 6.04 Å². The molecule has 3 aromatic rings. The molecule has 0 saturated carbocycles. The molecule has 0 radical (unpaired) electrons. The van der Waals surface area contributed by atoms with E-state index in [1.54, 1.807) is 18.3 Å². The topological polar surface area (TPSA) is 47.0 Å². The van der Waals surface area contributed by atoms with E-state index in [4.69, 9.17) is 27.9 Å². The normalized spacial score (nSPS) is 12.0. The van der Waals surface area contributed by atoms with Crippen molar-refractivity contribution in [3.8, 4) is 22.8 Å². The number of rotatable bonds is 5. The summed E-state index contributed by atoms with van der Waals surface area (Å²) in [6, 6.07) is 13.3. The third-order valence-electron chi connectivity index (χ3n) is 4.12. The molecule has 134 valence electrons. The average molecular weight is 388 g/mol. The summed E-state index contributed by atoms with van der Waals surface area (Å²) in [5.74, 6) is 1.97. The van der Waals surface area contributed by atoms with Gasteiger partial charge in [0.2, 0.25) is 0 Å². The third-order valence-corrected chi connectivity index (χ3v) is 4.92. The number of nitrogens with zero attached hydrogens (tertiary/aromatic N) is 2.